The zero-order valence-corrected chi connectivity index (χ0v) is 17.0. The lowest BCUT2D eigenvalue weighted by Crippen LogP contribution is -2.35. The van der Waals surface area contributed by atoms with Crippen molar-refractivity contribution < 1.29 is 14.7 Å². The number of amides is 2. The van der Waals surface area contributed by atoms with E-state index < -0.39 is 0 Å². The maximum Gasteiger partial charge on any atom is 0.257 e. The van der Waals surface area contributed by atoms with E-state index in [9.17, 15) is 9.59 Å². The van der Waals surface area contributed by atoms with E-state index in [-0.39, 0.29) is 30.1 Å². The summed E-state index contributed by atoms with van der Waals surface area (Å²) in [6.45, 7) is 1.97. The number of hydrogen-bond donors (Lipinski definition) is 4. The number of halogens is 1. The van der Waals surface area contributed by atoms with Gasteiger partial charge in [0.25, 0.3) is 11.8 Å². The van der Waals surface area contributed by atoms with E-state index in [0.717, 1.165) is 9.13 Å². The highest BCUT2D eigenvalue weighted by atomic mass is 127. The average Bonchev–Trinajstić information content (AvgIpc) is 2.62. The molecule has 0 fully saturated rings. The molecule has 0 bridgehead atoms. The molecule has 0 aliphatic heterocycles. The molecule has 136 valence electrons. The van der Waals surface area contributed by atoms with Crippen LogP contribution in [0.5, 0.6) is 0 Å². The molecule has 0 aliphatic rings. The van der Waals surface area contributed by atoms with Crippen LogP contribution in [0.15, 0.2) is 42.5 Å². The number of anilines is 1. The van der Waals surface area contributed by atoms with Gasteiger partial charge < -0.3 is 15.7 Å². The number of aryl methyl sites for hydroxylation is 1. The number of aliphatic hydroxyl groups is 1. The summed E-state index contributed by atoms with van der Waals surface area (Å²) in [6.07, 6.45) is 0. The van der Waals surface area contributed by atoms with E-state index in [1.165, 1.54) is 0 Å². The molecule has 6 nitrogen and oxygen atoms in total. The Morgan fingerprint density at radius 1 is 1.15 bits per heavy atom. The van der Waals surface area contributed by atoms with Crippen molar-refractivity contribution >= 4 is 57.4 Å². The van der Waals surface area contributed by atoms with E-state index in [0.29, 0.717) is 16.8 Å². The molecule has 2 aromatic rings. The van der Waals surface area contributed by atoms with Crippen LogP contribution >= 0.6 is 34.8 Å². The van der Waals surface area contributed by atoms with Gasteiger partial charge in [0.1, 0.15) is 0 Å². The summed E-state index contributed by atoms with van der Waals surface area (Å²) < 4.78 is 0.986. The standard InChI is InChI=1S/C18H18IN3O3S/c1-11-6-7-12(10-14(11)19)16(24)22-18(26)21-15-5-3-2-4-13(15)17(25)20-8-9-23/h2-7,10,23H,8-9H2,1H3,(H,20,25)(H2,21,22,24,26). The Labute approximate surface area is 170 Å². The van der Waals surface area contributed by atoms with Gasteiger partial charge in [0, 0.05) is 15.7 Å². The highest BCUT2D eigenvalue weighted by Gasteiger charge is 2.13. The summed E-state index contributed by atoms with van der Waals surface area (Å²) in [7, 11) is 0. The van der Waals surface area contributed by atoms with E-state index >= 15 is 0 Å². The van der Waals surface area contributed by atoms with Gasteiger partial charge >= 0.3 is 0 Å². The molecule has 2 aromatic carbocycles. The highest BCUT2D eigenvalue weighted by molar-refractivity contribution is 14.1. The molecule has 0 aromatic heterocycles. The van der Waals surface area contributed by atoms with Crippen LogP contribution in [-0.4, -0.2) is 35.2 Å². The number of carbonyl (C=O) groups is 2. The van der Waals surface area contributed by atoms with Gasteiger partial charge in [-0.3, -0.25) is 14.9 Å². The molecule has 0 atom stereocenters. The van der Waals surface area contributed by atoms with Gasteiger partial charge in [0.15, 0.2) is 5.11 Å². The molecule has 0 radical (unpaired) electrons. The second-order valence-electron chi connectivity index (χ2n) is 5.40. The molecule has 0 unspecified atom stereocenters. The molecular weight excluding hydrogens is 465 g/mol. The van der Waals surface area contributed by atoms with Crippen LogP contribution in [0.25, 0.3) is 0 Å². The average molecular weight is 483 g/mol. The van der Waals surface area contributed by atoms with E-state index in [1.54, 1.807) is 36.4 Å². The maximum absolute atomic E-state index is 12.3. The number of aliphatic hydroxyl groups excluding tert-OH is 1. The molecule has 0 saturated carbocycles. The maximum atomic E-state index is 12.3. The second kappa shape index (κ2) is 9.60. The topological polar surface area (TPSA) is 90.5 Å². The zero-order chi connectivity index (χ0) is 19.1. The van der Waals surface area contributed by atoms with Crippen LogP contribution in [0.3, 0.4) is 0 Å². The number of carbonyl (C=O) groups excluding carboxylic acids is 2. The fourth-order valence-electron chi connectivity index (χ4n) is 2.12. The Hall–Kier alpha value is -2.04. The van der Waals surface area contributed by atoms with Crippen molar-refractivity contribution in [3.05, 3.63) is 62.7 Å². The molecule has 4 N–H and O–H groups in total. The Bertz CT molecular complexity index is 842. The van der Waals surface area contributed by atoms with E-state index in [2.05, 4.69) is 38.5 Å². The monoisotopic (exact) mass is 483 g/mol. The summed E-state index contributed by atoms with van der Waals surface area (Å²) in [5, 5.41) is 17.0. The van der Waals surface area contributed by atoms with Crippen LogP contribution < -0.4 is 16.0 Å². The lowest BCUT2D eigenvalue weighted by molar-refractivity contribution is 0.0944. The van der Waals surface area contributed by atoms with E-state index in [1.807, 2.05) is 13.0 Å². The SMILES string of the molecule is Cc1ccc(C(=O)NC(=S)Nc2ccccc2C(=O)NCCO)cc1I. The minimum atomic E-state index is -0.343. The first-order chi connectivity index (χ1) is 12.4. The summed E-state index contributed by atoms with van der Waals surface area (Å²) in [5.74, 6) is -0.674. The molecule has 2 amide bonds. The minimum absolute atomic E-state index is 0.0907. The third-order valence-corrected chi connectivity index (χ3v) is 4.84. The molecule has 0 spiro atoms. The van der Waals surface area contributed by atoms with Gasteiger partial charge in [0.2, 0.25) is 0 Å². The Morgan fingerprint density at radius 2 is 1.88 bits per heavy atom. The van der Waals surface area contributed by atoms with Crippen molar-refractivity contribution in [1.82, 2.24) is 10.6 Å². The van der Waals surface area contributed by atoms with Crippen molar-refractivity contribution in [2.24, 2.45) is 0 Å². The van der Waals surface area contributed by atoms with Crippen LogP contribution in [0.4, 0.5) is 5.69 Å². The van der Waals surface area contributed by atoms with Gasteiger partial charge in [-0.25, -0.2) is 0 Å². The fourth-order valence-corrected chi connectivity index (χ4v) is 2.84. The minimum Gasteiger partial charge on any atom is -0.395 e. The van der Waals surface area contributed by atoms with Gasteiger partial charge in [-0.15, -0.1) is 0 Å². The van der Waals surface area contributed by atoms with Crippen molar-refractivity contribution in [1.29, 1.82) is 0 Å². The summed E-state index contributed by atoms with van der Waals surface area (Å²) in [5.41, 5.74) is 2.41. The van der Waals surface area contributed by atoms with Crippen LogP contribution in [0.1, 0.15) is 26.3 Å². The van der Waals surface area contributed by atoms with Crippen LogP contribution in [-0.2, 0) is 0 Å². The first-order valence-corrected chi connectivity index (χ1v) is 9.27. The van der Waals surface area contributed by atoms with Gasteiger partial charge in [-0.1, -0.05) is 18.2 Å². The smallest absolute Gasteiger partial charge is 0.257 e. The first-order valence-electron chi connectivity index (χ1n) is 7.79. The quantitative estimate of drug-likeness (QED) is 0.388. The van der Waals surface area contributed by atoms with Crippen LogP contribution in [0.2, 0.25) is 0 Å². The Kier molecular flexibility index (Phi) is 7.49. The van der Waals surface area contributed by atoms with Gasteiger partial charge in [-0.05, 0) is 71.6 Å². The highest BCUT2D eigenvalue weighted by Crippen LogP contribution is 2.16. The summed E-state index contributed by atoms with van der Waals surface area (Å²) in [4.78, 5) is 24.4. The largest absolute Gasteiger partial charge is 0.395 e. The lowest BCUT2D eigenvalue weighted by Gasteiger charge is -2.13. The molecular formula is C18H18IN3O3S. The molecule has 2 rings (SSSR count). The van der Waals surface area contributed by atoms with Gasteiger partial charge in [0.05, 0.1) is 17.9 Å². The first kappa shape index (κ1) is 20.3. The van der Waals surface area contributed by atoms with Crippen molar-refractivity contribution in [3.8, 4) is 0 Å². The van der Waals surface area contributed by atoms with Crippen LogP contribution in [0, 0.1) is 10.5 Å². The molecule has 0 aliphatic carbocycles. The predicted octanol–water partition coefficient (Wildman–Crippen LogP) is 2.45. The predicted molar refractivity (Wildman–Crippen MR) is 113 cm³/mol. The number of thiocarbonyl (C=S) groups is 1. The Morgan fingerprint density at radius 3 is 2.58 bits per heavy atom. The summed E-state index contributed by atoms with van der Waals surface area (Å²) in [6, 6.07) is 12.2. The molecule has 0 heterocycles. The normalized spacial score (nSPS) is 10.1. The number of para-hydroxylation sites is 1. The number of hydrogen-bond acceptors (Lipinski definition) is 4. The third-order valence-electron chi connectivity index (χ3n) is 3.48. The second-order valence-corrected chi connectivity index (χ2v) is 6.97. The van der Waals surface area contributed by atoms with Gasteiger partial charge in [-0.2, -0.15) is 0 Å². The zero-order valence-electron chi connectivity index (χ0n) is 14.0. The van der Waals surface area contributed by atoms with E-state index in [4.69, 9.17) is 17.3 Å². The Balaban J connectivity index is 2.07. The third kappa shape index (κ3) is 5.48. The fraction of sp³-hybridized carbons (Fsp3) is 0.167. The number of nitrogens with one attached hydrogen (secondary N) is 3. The molecule has 26 heavy (non-hydrogen) atoms. The lowest BCUT2D eigenvalue weighted by atomic mass is 10.1. The van der Waals surface area contributed by atoms with Crippen molar-refractivity contribution in [2.45, 2.75) is 6.92 Å². The molecule has 0 saturated heterocycles. The number of benzene rings is 2. The molecule has 8 heteroatoms. The van der Waals surface area contributed by atoms with Crippen molar-refractivity contribution in [2.75, 3.05) is 18.5 Å². The summed E-state index contributed by atoms with van der Waals surface area (Å²) >= 11 is 7.36. The van der Waals surface area contributed by atoms with Crippen molar-refractivity contribution in [3.63, 3.8) is 0 Å². The number of rotatable bonds is 5.